The third-order valence-electron chi connectivity index (χ3n) is 8.05. The van der Waals surface area contributed by atoms with Crippen molar-refractivity contribution in [1.29, 1.82) is 0 Å². The number of fused-ring (bicyclic) bond motifs is 4. The van der Waals surface area contributed by atoms with Gasteiger partial charge in [0.1, 0.15) is 17.3 Å². The number of phenolic OH excluding ortho intramolecular Hbond substituents is 1. The molecule has 5 rings (SSSR count). The highest BCUT2D eigenvalue weighted by molar-refractivity contribution is 6.08. The number of carbonyl (C=O) groups excluding carboxylic acids is 2. The number of benzene rings is 2. The minimum atomic E-state index is -1.23. The summed E-state index contributed by atoms with van der Waals surface area (Å²) in [7, 11) is 3.07. The van der Waals surface area contributed by atoms with Crippen LogP contribution in [-0.4, -0.2) is 89.3 Å². The van der Waals surface area contributed by atoms with Crippen molar-refractivity contribution >= 4 is 22.8 Å². The van der Waals surface area contributed by atoms with Crippen LogP contribution in [0.2, 0.25) is 0 Å². The van der Waals surface area contributed by atoms with Crippen molar-refractivity contribution in [3.63, 3.8) is 0 Å². The van der Waals surface area contributed by atoms with E-state index in [4.69, 9.17) is 9.47 Å². The van der Waals surface area contributed by atoms with Crippen molar-refractivity contribution in [1.82, 2.24) is 19.7 Å². The SMILES string of the molecule is CCN(CCCN1C(=O)N2[C@H](c3cccc(O)c3)c3[nH]c4ccc(OC)c(F)c4c3C[C@@]2(C)C1=O)CCOC. The van der Waals surface area contributed by atoms with Crippen molar-refractivity contribution in [2.75, 3.05) is 47.0 Å². The predicted octanol–water partition coefficient (Wildman–Crippen LogP) is 4.05. The van der Waals surface area contributed by atoms with Crippen molar-refractivity contribution in [2.45, 2.75) is 38.3 Å². The standard InChI is InChI=1S/C29H35FN4O5/c1-5-32(14-15-38-3)12-7-13-33-27(36)29(2)17-20-23-21(10-11-22(39-4)24(23)30)31-25(20)26(34(29)28(33)37)18-8-6-9-19(35)16-18/h6,8-11,16,26,31,35H,5,7,12-15,17H2,1-4H3/t26-,29+/m1/s1. The van der Waals surface area contributed by atoms with Crippen molar-refractivity contribution in [3.8, 4) is 11.5 Å². The molecular formula is C29H35FN4O5. The number of hydrogen-bond donors (Lipinski definition) is 2. The number of nitrogens with one attached hydrogen (secondary N) is 1. The number of H-pyrrole nitrogens is 1. The average molecular weight is 539 g/mol. The Morgan fingerprint density at radius 3 is 2.69 bits per heavy atom. The summed E-state index contributed by atoms with van der Waals surface area (Å²) in [6, 6.07) is 8.81. The number of aromatic hydroxyl groups is 1. The average Bonchev–Trinajstić information content (AvgIpc) is 3.37. The zero-order chi connectivity index (χ0) is 27.9. The van der Waals surface area contributed by atoms with Gasteiger partial charge in [-0.1, -0.05) is 19.1 Å². The Hall–Kier alpha value is -3.63. The van der Waals surface area contributed by atoms with Crippen LogP contribution in [0.1, 0.15) is 43.1 Å². The molecule has 1 aromatic heterocycles. The quantitative estimate of drug-likeness (QED) is 0.378. The Morgan fingerprint density at radius 2 is 2.00 bits per heavy atom. The van der Waals surface area contributed by atoms with E-state index in [1.807, 2.05) is 0 Å². The van der Waals surface area contributed by atoms with E-state index >= 15 is 4.39 Å². The summed E-state index contributed by atoms with van der Waals surface area (Å²) in [5.41, 5.74) is 1.21. The molecule has 0 radical (unpaired) electrons. The number of nitrogens with zero attached hydrogens (tertiary/aromatic N) is 3. The minimum absolute atomic E-state index is 0.0378. The minimum Gasteiger partial charge on any atom is -0.508 e. The van der Waals surface area contributed by atoms with E-state index in [0.29, 0.717) is 40.8 Å². The Balaban J connectivity index is 1.56. The molecular weight excluding hydrogens is 503 g/mol. The van der Waals surface area contributed by atoms with Crippen LogP contribution < -0.4 is 4.74 Å². The number of likely N-dealkylation sites (N-methyl/N-ethyl adjacent to an activating group) is 1. The third kappa shape index (κ3) is 4.41. The fourth-order valence-electron chi connectivity index (χ4n) is 6.05. The Bertz CT molecular complexity index is 1410. The maximum atomic E-state index is 15.6. The number of aromatic nitrogens is 1. The van der Waals surface area contributed by atoms with Gasteiger partial charge in [0.15, 0.2) is 11.6 Å². The fourth-order valence-corrected chi connectivity index (χ4v) is 6.05. The summed E-state index contributed by atoms with van der Waals surface area (Å²) >= 11 is 0. The van der Waals surface area contributed by atoms with E-state index < -0.39 is 23.4 Å². The first-order valence-corrected chi connectivity index (χ1v) is 13.3. The Labute approximate surface area is 227 Å². The number of hydrogen-bond acceptors (Lipinski definition) is 6. The predicted molar refractivity (Wildman–Crippen MR) is 144 cm³/mol. The molecule has 3 heterocycles. The molecule has 1 saturated heterocycles. The molecule has 0 spiro atoms. The highest BCUT2D eigenvalue weighted by atomic mass is 19.1. The zero-order valence-corrected chi connectivity index (χ0v) is 22.8. The van der Waals surface area contributed by atoms with Gasteiger partial charge < -0.3 is 24.5 Å². The van der Waals surface area contributed by atoms with E-state index in [9.17, 15) is 14.7 Å². The van der Waals surface area contributed by atoms with Gasteiger partial charge >= 0.3 is 6.03 Å². The first kappa shape index (κ1) is 27.0. The molecule has 0 unspecified atom stereocenters. The molecule has 0 saturated carbocycles. The van der Waals surface area contributed by atoms with Crippen LogP contribution in [0.4, 0.5) is 9.18 Å². The van der Waals surface area contributed by atoms with Crippen molar-refractivity contribution in [2.24, 2.45) is 0 Å². The summed E-state index contributed by atoms with van der Waals surface area (Å²) in [5.74, 6) is -0.671. The molecule has 2 aromatic carbocycles. The van der Waals surface area contributed by atoms with Crippen LogP contribution in [0.15, 0.2) is 36.4 Å². The number of rotatable bonds is 10. The lowest BCUT2D eigenvalue weighted by Gasteiger charge is -2.42. The first-order chi connectivity index (χ1) is 18.7. The van der Waals surface area contributed by atoms with E-state index in [0.717, 1.165) is 19.6 Å². The summed E-state index contributed by atoms with van der Waals surface area (Å²) in [6.45, 7) is 7.03. The summed E-state index contributed by atoms with van der Waals surface area (Å²) in [4.78, 5) is 36.4. The summed E-state index contributed by atoms with van der Waals surface area (Å²) in [5, 5.41) is 10.6. The van der Waals surface area contributed by atoms with E-state index in [1.54, 1.807) is 55.3 Å². The number of phenols is 1. The largest absolute Gasteiger partial charge is 0.508 e. The molecule has 2 atom stereocenters. The zero-order valence-electron chi connectivity index (χ0n) is 22.8. The molecule has 2 aliphatic heterocycles. The molecule has 208 valence electrons. The molecule has 2 N–H and O–H groups in total. The number of methoxy groups -OCH3 is 2. The molecule has 9 nitrogen and oxygen atoms in total. The smallest absolute Gasteiger partial charge is 0.328 e. The number of halogens is 1. The number of aromatic amines is 1. The van der Waals surface area contributed by atoms with E-state index in [-0.39, 0.29) is 30.4 Å². The highest BCUT2D eigenvalue weighted by Gasteiger charge is 2.60. The molecule has 39 heavy (non-hydrogen) atoms. The molecule has 1 fully saturated rings. The second-order valence-electron chi connectivity index (χ2n) is 10.4. The lowest BCUT2D eigenvalue weighted by Crippen LogP contribution is -2.53. The lowest BCUT2D eigenvalue weighted by atomic mass is 9.81. The lowest BCUT2D eigenvalue weighted by molar-refractivity contribution is -0.133. The maximum Gasteiger partial charge on any atom is 0.328 e. The second kappa shape index (κ2) is 10.5. The maximum absolute atomic E-state index is 15.6. The number of amides is 3. The van der Waals surface area contributed by atoms with Gasteiger partial charge in [-0.05, 0) is 61.8 Å². The second-order valence-corrected chi connectivity index (χ2v) is 10.4. The van der Waals surface area contributed by atoms with Crippen LogP contribution in [0.25, 0.3) is 10.9 Å². The topological polar surface area (TPSA) is 98.3 Å². The molecule has 10 heteroatoms. The highest BCUT2D eigenvalue weighted by Crippen LogP contribution is 2.49. The van der Waals surface area contributed by atoms with Gasteiger partial charge in [0.25, 0.3) is 5.91 Å². The van der Waals surface area contributed by atoms with Gasteiger partial charge in [-0.3, -0.25) is 14.6 Å². The van der Waals surface area contributed by atoms with Crippen LogP contribution in [-0.2, 0) is 16.0 Å². The van der Waals surface area contributed by atoms with Gasteiger partial charge in [-0.25, -0.2) is 9.18 Å². The molecule has 3 amide bonds. The summed E-state index contributed by atoms with van der Waals surface area (Å²) in [6.07, 6.45) is 0.771. The third-order valence-corrected chi connectivity index (χ3v) is 8.05. The fraction of sp³-hybridized carbons (Fsp3) is 0.448. The van der Waals surface area contributed by atoms with Gasteiger partial charge in [0.2, 0.25) is 0 Å². The van der Waals surface area contributed by atoms with Crippen LogP contribution in [0, 0.1) is 5.82 Å². The Morgan fingerprint density at radius 1 is 1.21 bits per heavy atom. The van der Waals surface area contributed by atoms with Gasteiger partial charge in [0, 0.05) is 43.2 Å². The molecule has 3 aromatic rings. The van der Waals surface area contributed by atoms with Crippen LogP contribution in [0.5, 0.6) is 11.5 Å². The van der Waals surface area contributed by atoms with Crippen molar-refractivity contribution in [3.05, 3.63) is 59.0 Å². The molecule has 0 aliphatic carbocycles. The Kier molecular flexibility index (Phi) is 7.26. The van der Waals surface area contributed by atoms with Gasteiger partial charge in [-0.15, -0.1) is 0 Å². The van der Waals surface area contributed by atoms with Crippen LogP contribution in [0.3, 0.4) is 0 Å². The number of ether oxygens (including phenoxy) is 2. The number of imide groups is 1. The van der Waals surface area contributed by atoms with Crippen LogP contribution >= 0.6 is 0 Å². The molecule has 0 bridgehead atoms. The number of urea groups is 1. The van der Waals surface area contributed by atoms with E-state index in [1.165, 1.54) is 12.0 Å². The monoisotopic (exact) mass is 538 g/mol. The van der Waals surface area contributed by atoms with Gasteiger partial charge in [-0.2, -0.15) is 0 Å². The summed E-state index contributed by atoms with van der Waals surface area (Å²) < 4.78 is 26.0. The van der Waals surface area contributed by atoms with Crippen molar-refractivity contribution < 1.29 is 28.6 Å². The number of carbonyl (C=O) groups is 2. The molecule has 2 aliphatic rings. The first-order valence-electron chi connectivity index (χ1n) is 13.3. The normalized spacial score (nSPS) is 20.7. The van der Waals surface area contributed by atoms with E-state index in [2.05, 4.69) is 16.8 Å². The van der Waals surface area contributed by atoms with Gasteiger partial charge in [0.05, 0.1) is 13.7 Å².